The molecule has 0 unspecified atom stereocenters. The van der Waals surface area contributed by atoms with Gasteiger partial charge in [-0.15, -0.1) is 0 Å². The van der Waals surface area contributed by atoms with Crippen molar-refractivity contribution in [1.82, 2.24) is 9.88 Å². The Morgan fingerprint density at radius 3 is 2.57 bits per heavy atom. The number of rotatable bonds is 7. The van der Waals surface area contributed by atoms with Gasteiger partial charge in [-0.2, -0.15) is 13.2 Å². The van der Waals surface area contributed by atoms with Crippen molar-refractivity contribution in [2.75, 3.05) is 24.9 Å². The summed E-state index contributed by atoms with van der Waals surface area (Å²) in [6, 6.07) is 8.82. The molecule has 198 valence electrons. The summed E-state index contributed by atoms with van der Waals surface area (Å²) in [6.07, 6.45) is -3.53. The Labute approximate surface area is 229 Å². The smallest absolute Gasteiger partial charge is 0.419 e. The molecule has 4 rings (SSSR count). The van der Waals surface area contributed by atoms with Crippen LogP contribution in [0.1, 0.15) is 12.0 Å². The number of halogens is 6. The second-order valence-electron chi connectivity index (χ2n) is 8.22. The number of pyridine rings is 1. The Hall–Kier alpha value is -2.25. The third kappa shape index (κ3) is 6.61. The van der Waals surface area contributed by atoms with Crippen molar-refractivity contribution in [2.45, 2.75) is 23.6 Å². The van der Waals surface area contributed by atoms with Crippen molar-refractivity contribution < 1.29 is 31.1 Å². The van der Waals surface area contributed by atoms with E-state index in [1.807, 2.05) is 11.9 Å². The molecule has 0 saturated carbocycles. The maximum absolute atomic E-state index is 13.5. The number of anilines is 1. The lowest BCUT2D eigenvalue weighted by atomic mass is 10.1. The first-order chi connectivity index (χ1) is 17.3. The lowest BCUT2D eigenvalue weighted by Gasteiger charge is -2.19. The molecule has 1 fully saturated rings. The van der Waals surface area contributed by atoms with Crippen molar-refractivity contribution >= 4 is 54.8 Å². The molecule has 1 aromatic heterocycles. The number of hydrogen-bond acceptors (Lipinski definition) is 6. The van der Waals surface area contributed by atoms with Crippen molar-refractivity contribution in [2.24, 2.45) is 0 Å². The first-order valence-corrected chi connectivity index (χ1v) is 13.7. The number of benzene rings is 2. The first kappa shape index (κ1) is 27.8. The second kappa shape index (κ2) is 10.9. The monoisotopic (exact) mass is 639 g/mol. The average Bonchev–Trinajstić information content (AvgIpc) is 3.21. The molecule has 1 saturated heterocycles. The fraction of sp³-hybridized carbons (Fsp3) is 0.261. The lowest BCUT2D eigenvalue weighted by molar-refractivity contribution is -0.139. The molecule has 14 heteroatoms. The van der Waals surface area contributed by atoms with E-state index < -0.39 is 33.6 Å². The van der Waals surface area contributed by atoms with Crippen LogP contribution >= 0.6 is 39.1 Å². The maximum Gasteiger partial charge on any atom is 0.419 e. The van der Waals surface area contributed by atoms with Crippen molar-refractivity contribution in [3.05, 3.63) is 68.7 Å². The molecule has 1 aliphatic rings. The van der Waals surface area contributed by atoms with Crippen LogP contribution in [0, 0.1) is 0 Å². The van der Waals surface area contributed by atoms with Gasteiger partial charge in [-0.25, -0.2) is 13.4 Å². The zero-order valence-electron chi connectivity index (χ0n) is 19.0. The van der Waals surface area contributed by atoms with E-state index in [0.717, 1.165) is 24.4 Å². The van der Waals surface area contributed by atoms with Gasteiger partial charge in [0.15, 0.2) is 0 Å². The van der Waals surface area contributed by atoms with Crippen LogP contribution in [0.3, 0.4) is 0 Å². The van der Waals surface area contributed by atoms with E-state index in [4.69, 9.17) is 32.7 Å². The zero-order chi connectivity index (χ0) is 27.0. The first-order valence-electron chi connectivity index (χ1n) is 10.7. The predicted octanol–water partition coefficient (Wildman–Crippen LogP) is 6.85. The summed E-state index contributed by atoms with van der Waals surface area (Å²) in [5, 5.41) is 0.416. The van der Waals surface area contributed by atoms with E-state index >= 15 is 0 Å². The van der Waals surface area contributed by atoms with E-state index in [2.05, 4.69) is 25.6 Å². The summed E-state index contributed by atoms with van der Waals surface area (Å²) < 4.78 is 80.3. The van der Waals surface area contributed by atoms with Gasteiger partial charge in [0.05, 0.1) is 26.9 Å². The summed E-state index contributed by atoms with van der Waals surface area (Å²) in [5.74, 6) is -0.217. The molecule has 1 N–H and O–H groups in total. The summed E-state index contributed by atoms with van der Waals surface area (Å²) in [6.45, 7) is 1.14. The average molecular weight is 641 g/mol. The van der Waals surface area contributed by atoms with E-state index in [1.165, 1.54) is 6.07 Å². The molecule has 0 aliphatic carbocycles. The van der Waals surface area contributed by atoms with Crippen LogP contribution in [0.2, 0.25) is 10.0 Å². The van der Waals surface area contributed by atoms with Gasteiger partial charge < -0.3 is 14.4 Å². The van der Waals surface area contributed by atoms with E-state index in [9.17, 15) is 21.6 Å². The minimum absolute atomic E-state index is 0.0230. The Morgan fingerprint density at radius 2 is 1.92 bits per heavy atom. The Kier molecular flexibility index (Phi) is 8.15. The van der Waals surface area contributed by atoms with Crippen molar-refractivity contribution in [1.29, 1.82) is 0 Å². The maximum atomic E-state index is 13.5. The molecular weight excluding hydrogens is 622 g/mol. The highest BCUT2D eigenvalue weighted by Gasteiger charge is 2.36. The summed E-state index contributed by atoms with van der Waals surface area (Å²) in [5.41, 5.74) is -1.09. The molecule has 1 atom stereocenters. The fourth-order valence-electron chi connectivity index (χ4n) is 3.60. The quantitative estimate of drug-likeness (QED) is 0.304. The second-order valence-corrected chi connectivity index (χ2v) is 11.5. The number of nitrogens with zero attached hydrogens (tertiary/aromatic N) is 2. The van der Waals surface area contributed by atoms with E-state index in [-0.39, 0.29) is 36.7 Å². The minimum Gasteiger partial charge on any atom is -0.488 e. The van der Waals surface area contributed by atoms with Gasteiger partial charge in [-0.1, -0.05) is 29.3 Å². The molecule has 7 nitrogen and oxygen atoms in total. The van der Waals surface area contributed by atoms with Gasteiger partial charge >= 0.3 is 6.18 Å². The third-order valence-corrected chi connectivity index (χ3v) is 8.11. The predicted molar refractivity (Wildman–Crippen MR) is 137 cm³/mol. The van der Waals surface area contributed by atoms with Gasteiger partial charge in [0, 0.05) is 19.2 Å². The van der Waals surface area contributed by atoms with E-state index in [0.29, 0.717) is 19.5 Å². The molecule has 1 aliphatic heterocycles. The SMILES string of the molecule is CN1CC[C@@H](Oc2cc(NS(=O)(=O)c3cnc(Oc4cccc(Cl)c4Cl)c(Br)c3)ccc2C(F)(F)F)C1. The number of sulfonamides is 1. The summed E-state index contributed by atoms with van der Waals surface area (Å²) in [7, 11) is -2.39. The number of hydrogen-bond donors (Lipinski definition) is 1. The highest BCUT2D eigenvalue weighted by Crippen LogP contribution is 2.40. The Balaban J connectivity index is 1.57. The largest absolute Gasteiger partial charge is 0.488 e. The third-order valence-electron chi connectivity index (χ3n) is 5.40. The Bertz CT molecular complexity index is 1430. The lowest BCUT2D eigenvalue weighted by Crippen LogP contribution is -2.23. The molecule has 37 heavy (non-hydrogen) atoms. The molecule has 0 spiro atoms. The topological polar surface area (TPSA) is 80.8 Å². The highest BCUT2D eigenvalue weighted by molar-refractivity contribution is 9.10. The van der Waals surface area contributed by atoms with Crippen LogP contribution < -0.4 is 14.2 Å². The van der Waals surface area contributed by atoms with Gasteiger partial charge in [-0.3, -0.25) is 4.72 Å². The van der Waals surface area contributed by atoms with Crippen LogP contribution in [0.15, 0.2) is 58.0 Å². The van der Waals surface area contributed by atoms with Gasteiger partial charge in [0.25, 0.3) is 10.0 Å². The van der Waals surface area contributed by atoms with Crippen LogP contribution in [0.25, 0.3) is 0 Å². The fourth-order valence-corrected chi connectivity index (χ4v) is 5.53. The molecule has 3 aromatic rings. The normalized spacial score (nSPS) is 16.6. The van der Waals surface area contributed by atoms with E-state index in [1.54, 1.807) is 18.2 Å². The number of ether oxygens (including phenoxy) is 2. The molecule has 0 radical (unpaired) electrons. The van der Waals surface area contributed by atoms with Crippen LogP contribution in [-0.2, 0) is 16.2 Å². The molecule has 2 aromatic carbocycles. The highest BCUT2D eigenvalue weighted by atomic mass is 79.9. The number of likely N-dealkylation sites (N-methyl/N-ethyl adjacent to an activating group) is 1. The summed E-state index contributed by atoms with van der Waals surface area (Å²) in [4.78, 5) is 5.70. The zero-order valence-corrected chi connectivity index (χ0v) is 22.9. The summed E-state index contributed by atoms with van der Waals surface area (Å²) >= 11 is 15.3. The number of alkyl halides is 3. The van der Waals surface area contributed by atoms with Crippen LogP contribution in [-0.4, -0.2) is 44.5 Å². The Morgan fingerprint density at radius 1 is 1.16 bits per heavy atom. The number of aromatic nitrogens is 1. The molecule has 0 amide bonds. The van der Waals surface area contributed by atoms with Gasteiger partial charge in [0.1, 0.15) is 27.5 Å². The van der Waals surface area contributed by atoms with Gasteiger partial charge in [0.2, 0.25) is 5.88 Å². The van der Waals surface area contributed by atoms with Crippen LogP contribution in [0.4, 0.5) is 18.9 Å². The molecule has 2 heterocycles. The standard InChI is InChI=1S/C23H19BrCl2F3N3O4S/c1-32-8-7-14(12-32)35-20-9-13(5-6-16(20)23(27,28)29)31-37(33,34)15-10-17(24)22(30-11-15)36-19-4-2-3-18(25)21(19)26/h2-6,9-11,14,31H,7-8,12H2,1H3/t14-/m1/s1. The molecular formula is C23H19BrCl2F3N3O4S. The van der Waals surface area contributed by atoms with Gasteiger partial charge in [-0.05, 0) is 59.7 Å². The van der Waals surface area contributed by atoms with Crippen LogP contribution in [0.5, 0.6) is 17.4 Å². The van der Waals surface area contributed by atoms with Crippen molar-refractivity contribution in [3.63, 3.8) is 0 Å². The number of likely N-dealkylation sites (tertiary alicyclic amines) is 1. The molecule has 0 bridgehead atoms. The minimum atomic E-state index is -4.67. The number of nitrogens with one attached hydrogen (secondary N) is 1. The van der Waals surface area contributed by atoms with Crippen molar-refractivity contribution in [3.8, 4) is 17.4 Å².